The fraction of sp³-hybridized carbons (Fsp3) is 0.222. The van der Waals surface area contributed by atoms with Crippen LogP contribution in [0, 0.1) is 6.92 Å². The second kappa shape index (κ2) is 6.79. The van der Waals surface area contributed by atoms with E-state index < -0.39 is 0 Å². The molecule has 1 heterocycles. The van der Waals surface area contributed by atoms with Gasteiger partial charge < -0.3 is 0 Å². The van der Waals surface area contributed by atoms with Gasteiger partial charge in [0.2, 0.25) is 0 Å². The maximum Gasteiger partial charge on any atom is 0.253 e. The summed E-state index contributed by atoms with van der Waals surface area (Å²) >= 11 is 1.56. The van der Waals surface area contributed by atoms with Crippen molar-refractivity contribution in [3.8, 4) is 0 Å². The zero-order valence-electron chi connectivity index (χ0n) is 12.5. The van der Waals surface area contributed by atoms with Gasteiger partial charge in [0.05, 0.1) is 11.8 Å². The predicted octanol–water partition coefficient (Wildman–Crippen LogP) is 4.05. The molecule has 0 unspecified atom stereocenters. The molecule has 3 rings (SSSR count). The summed E-state index contributed by atoms with van der Waals surface area (Å²) in [6.45, 7) is 2.06. The van der Waals surface area contributed by atoms with Gasteiger partial charge in [0.15, 0.2) is 0 Å². The number of hydrazone groups is 1. The molecule has 22 heavy (non-hydrogen) atoms. The molecule has 112 valence electrons. The molecule has 0 saturated heterocycles. The second-order valence-electron chi connectivity index (χ2n) is 5.30. The molecule has 2 aromatic rings. The number of nitrogens with zero attached hydrogens (tertiary/aromatic N) is 2. The number of carbonyl (C=O) groups excluding carboxylic acids is 1. The molecule has 2 aromatic carbocycles. The van der Waals surface area contributed by atoms with E-state index in [9.17, 15) is 4.79 Å². The van der Waals surface area contributed by atoms with Gasteiger partial charge in [0.1, 0.15) is 0 Å². The van der Waals surface area contributed by atoms with E-state index in [-0.39, 0.29) is 11.9 Å². The minimum Gasteiger partial charge on any atom is -0.272 e. The van der Waals surface area contributed by atoms with Crippen molar-refractivity contribution in [3.63, 3.8) is 0 Å². The number of aryl methyl sites for hydroxylation is 1. The van der Waals surface area contributed by atoms with Crippen molar-refractivity contribution >= 4 is 23.9 Å². The van der Waals surface area contributed by atoms with E-state index in [2.05, 4.69) is 36.3 Å². The lowest BCUT2D eigenvalue weighted by molar-refractivity contribution is -0.130. The molecule has 0 fully saturated rings. The number of thioether (sulfide) groups is 1. The lowest BCUT2D eigenvalue weighted by Crippen LogP contribution is -2.28. The average molecular weight is 310 g/mol. The monoisotopic (exact) mass is 310 g/mol. The Morgan fingerprint density at radius 3 is 2.64 bits per heavy atom. The van der Waals surface area contributed by atoms with E-state index in [1.807, 2.05) is 36.5 Å². The summed E-state index contributed by atoms with van der Waals surface area (Å²) in [5.41, 5.74) is 2.36. The lowest BCUT2D eigenvalue weighted by Gasteiger charge is -2.22. The van der Waals surface area contributed by atoms with Crippen LogP contribution in [0.15, 0.2) is 64.6 Å². The first-order valence-electron chi connectivity index (χ1n) is 7.33. The molecule has 1 aliphatic heterocycles. The van der Waals surface area contributed by atoms with Crippen LogP contribution in [0.1, 0.15) is 23.6 Å². The van der Waals surface area contributed by atoms with Crippen molar-refractivity contribution in [2.45, 2.75) is 24.3 Å². The van der Waals surface area contributed by atoms with Crippen LogP contribution < -0.4 is 0 Å². The number of amides is 1. The first kappa shape index (κ1) is 14.9. The van der Waals surface area contributed by atoms with Crippen molar-refractivity contribution in [3.05, 3.63) is 65.7 Å². The Balaban J connectivity index is 1.64. The topological polar surface area (TPSA) is 32.7 Å². The quantitative estimate of drug-likeness (QED) is 0.798. The van der Waals surface area contributed by atoms with Crippen LogP contribution >= 0.6 is 11.8 Å². The van der Waals surface area contributed by atoms with Gasteiger partial charge in [-0.3, -0.25) is 4.79 Å². The van der Waals surface area contributed by atoms with Crippen LogP contribution in [0.5, 0.6) is 0 Å². The third-order valence-electron chi connectivity index (χ3n) is 3.65. The molecular weight excluding hydrogens is 292 g/mol. The highest BCUT2D eigenvalue weighted by atomic mass is 32.2. The van der Waals surface area contributed by atoms with Crippen LogP contribution in [0.2, 0.25) is 0 Å². The summed E-state index contributed by atoms with van der Waals surface area (Å²) in [7, 11) is 0. The van der Waals surface area contributed by atoms with Gasteiger partial charge in [-0.05, 0) is 24.6 Å². The smallest absolute Gasteiger partial charge is 0.253 e. The Morgan fingerprint density at radius 1 is 1.18 bits per heavy atom. The molecule has 1 aliphatic rings. The Hall–Kier alpha value is -2.07. The molecule has 3 nitrogen and oxygen atoms in total. The van der Waals surface area contributed by atoms with Gasteiger partial charge in [-0.25, -0.2) is 5.01 Å². The summed E-state index contributed by atoms with van der Waals surface area (Å²) in [6, 6.07) is 18.3. The fourth-order valence-corrected chi connectivity index (χ4v) is 3.20. The summed E-state index contributed by atoms with van der Waals surface area (Å²) in [4.78, 5) is 13.6. The summed E-state index contributed by atoms with van der Waals surface area (Å²) in [6.07, 6.45) is 2.61. The van der Waals surface area contributed by atoms with Gasteiger partial charge in [-0.15, -0.1) is 11.8 Å². The van der Waals surface area contributed by atoms with E-state index in [1.54, 1.807) is 16.8 Å². The Kier molecular flexibility index (Phi) is 4.59. The second-order valence-corrected chi connectivity index (χ2v) is 6.35. The molecule has 0 aliphatic carbocycles. The van der Waals surface area contributed by atoms with Crippen molar-refractivity contribution < 1.29 is 4.79 Å². The third-order valence-corrected chi connectivity index (χ3v) is 4.65. The Morgan fingerprint density at radius 2 is 1.91 bits per heavy atom. The van der Waals surface area contributed by atoms with E-state index in [0.717, 1.165) is 16.9 Å². The van der Waals surface area contributed by atoms with E-state index in [0.29, 0.717) is 5.75 Å². The molecular formula is C18H18N2OS. The van der Waals surface area contributed by atoms with Crippen molar-refractivity contribution in [1.82, 2.24) is 5.01 Å². The summed E-state index contributed by atoms with van der Waals surface area (Å²) < 4.78 is 0. The van der Waals surface area contributed by atoms with Gasteiger partial charge in [-0.1, -0.05) is 48.0 Å². The molecule has 0 aromatic heterocycles. The molecule has 0 bridgehead atoms. The average Bonchev–Trinajstić information content (AvgIpc) is 3.04. The molecule has 1 amide bonds. The Bertz CT molecular complexity index is 667. The lowest BCUT2D eigenvalue weighted by atomic mass is 10.0. The van der Waals surface area contributed by atoms with E-state index >= 15 is 0 Å². The zero-order chi connectivity index (χ0) is 15.4. The summed E-state index contributed by atoms with van der Waals surface area (Å²) in [5.74, 6) is 0.456. The van der Waals surface area contributed by atoms with Crippen LogP contribution in [0.4, 0.5) is 0 Å². The van der Waals surface area contributed by atoms with Crippen molar-refractivity contribution in [2.24, 2.45) is 5.10 Å². The maximum absolute atomic E-state index is 12.5. The number of hydrogen-bond donors (Lipinski definition) is 0. The van der Waals surface area contributed by atoms with E-state index in [4.69, 9.17) is 0 Å². The largest absolute Gasteiger partial charge is 0.272 e. The van der Waals surface area contributed by atoms with Crippen LogP contribution in [-0.4, -0.2) is 22.9 Å². The van der Waals surface area contributed by atoms with Gasteiger partial charge in [0.25, 0.3) is 5.91 Å². The SMILES string of the molecule is Cc1ccc(SCC(=O)N2N=CC[C@@H]2c2ccccc2)cc1. The van der Waals surface area contributed by atoms with Crippen LogP contribution in [0.3, 0.4) is 0 Å². The molecule has 0 N–H and O–H groups in total. The molecule has 0 saturated carbocycles. The van der Waals surface area contributed by atoms with Crippen LogP contribution in [-0.2, 0) is 4.79 Å². The van der Waals surface area contributed by atoms with Gasteiger partial charge in [-0.2, -0.15) is 5.10 Å². The maximum atomic E-state index is 12.5. The highest BCUT2D eigenvalue weighted by Crippen LogP contribution is 2.29. The third kappa shape index (κ3) is 3.39. The molecule has 0 spiro atoms. The van der Waals surface area contributed by atoms with Crippen molar-refractivity contribution in [1.29, 1.82) is 0 Å². The molecule has 4 heteroatoms. The first-order valence-corrected chi connectivity index (χ1v) is 8.31. The highest BCUT2D eigenvalue weighted by Gasteiger charge is 2.27. The Labute approximate surface area is 135 Å². The van der Waals surface area contributed by atoms with Crippen LogP contribution in [0.25, 0.3) is 0 Å². The number of rotatable bonds is 4. The van der Waals surface area contributed by atoms with Crippen molar-refractivity contribution in [2.75, 3.05) is 5.75 Å². The first-order chi connectivity index (χ1) is 10.7. The molecule has 0 radical (unpaired) electrons. The minimum atomic E-state index is 0.0346. The predicted molar refractivity (Wildman–Crippen MR) is 91.0 cm³/mol. The van der Waals surface area contributed by atoms with E-state index in [1.165, 1.54) is 5.56 Å². The minimum absolute atomic E-state index is 0.0346. The van der Waals surface area contributed by atoms with Gasteiger partial charge in [0, 0.05) is 17.5 Å². The van der Waals surface area contributed by atoms with Gasteiger partial charge >= 0.3 is 0 Å². The highest BCUT2D eigenvalue weighted by molar-refractivity contribution is 8.00. The zero-order valence-corrected chi connectivity index (χ0v) is 13.3. The number of hydrogen-bond acceptors (Lipinski definition) is 3. The number of benzene rings is 2. The normalized spacial score (nSPS) is 17.0. The molecule has 1 atom stereocenters. The summed E-state index contributed by atoms with van der Waals surface area (Å²) in [5, 5.41) is 5.89. The number of carbonyl (C=O) groups is 1. The fourth-order valence-electron chi connectivity index (χ4n) is 2.45. The standard InChI is InChI=1S/C18H18N2OS/c1-14-7-9-16(10-8-14)22-13-18(21)20-17(11-12-19-20)15-5-3-2-4-6-15/h2-10,12,17H,11,13H2,1H3/t17-/m1/s1.